The monoisotopic (exact) mass is 474 g/mol. The highest BCUT2D eigenvalue weighted by atomic mass is 32.2. The van der Waals surface area contributed by atoms with E-state index in [4.69, 9.17) is 4.98 Å². The number of piperazine rings is 1. The number of hydrogen-bond donors (Lipinski definition) is 0. The minimum Gasteiger partial charge on any atom is -0.352 e. The molecule has 0 aliphatic carbocycles. The van der Waals surface area contributed by atoms with Gasteiger partial charge < -0.3 is 9.47 Å². The minimum atomic E-state index is -4.09. The maximum atomic E-state index is 14.1. The van der Waals surface area contributed by atoms with Crippen molar-refractivity contribution in [2.75, 3.05) is 31.1 Å². The molecule has 1 fully saturated rings. The fourth-order valence-corrected chi connectivity index (χ4v) is 5.44. The van der Waals surface area contributed by atoms with Crippen molar-refractivity contribution < 1.29 is 17.2 Å². The van der Waals surface area contributed by atoms with E-state index < -0.39 is 26.6 Å². The summed E-state index contributed by atoms with van der Waals surface area (Å²) in [6.07, 6.45) is 5.02. The second kappa shape index (κ2) is 7.85. The van der Waals surface area contributed by atoms with Crippen molar-refractivity contribution in [3.63, 3.8) is 0 Å². The zero-order valence-corrected chi connectivity index (χ0v) is 18.7. The molecule has 33 heavy (non-hydrogen) atoms. The molecule has 0 bridgehead atoms. The lowest BCUT2D eigenvalue weighted by molar-refractivity contribution is 0.381. The van der Waals surface area contributed by atoms with Crippen LogP contribution in [0.5, 0.6) is 0 Å². The Balaban J connectivity index is 1.42. The van der Waals surface area contributed by atoms with E-state index in [0.717, 1.165) is 17.7 Å². The topological polar surface area (TPSA) is 102 Å². The standard InChI is InChI=1S/C20H20F2N8O2S/c1-27-11-13(10-25-27)18-26-17-19(28(18)2)23-12-24-20(17)29-5-7-30(8-6-29)33(31,32)16-4-3-14(21)9-15(16)22/h3-4,9-12H,5-8H2,1-2H3. The average molecular weight is 474 g/mol. The molecule has 1 aliphatic heterocycles. The maximum Gasteiger partial charge on any atom is 0.246 e. The summed E-state index contributed by atoms with van der Waals surface area (Å²) in [5, 5.41) is 4.19. The number of aryl methyl sites for hydroxylation is 2. The lowest BCUT2D eigenvalue weighted by Crippen LogP contribution is -2.49. The molecule has 1 saturated heterocycles. The highest BCUT2D eigenvalue weighted by molar-refractivity contribution is 7.89. The number of anilines is 1. The third-order valence-electron chi connectivity index (χ3n) is 5.65. The van der Waals surface area contributed by atoms with Crippen LogP contribution in [-0.4, -0.2) is 68.2 Å². The molecule has 3 aromatic heterocycles. The molecule has 0 radical (unpaired) electrons. The van der Waals surface area contributed by atoms with Crippen LogP contribution >= 0.6 is 0 Å². The van der Waals surface area contributed by atoms with Gasteiger partial charge in [0.25, 0.3) is 0 Å². The molecule has 0 unspecified atom stereocenters. The second-order valence-electron chi connectivity index (χ2n) is 7.73. The first-order valence-electron chi connectivity index (χ1n) is 10.1. The fraction of sp³-hybridized carbons (Fsp3) is 0.300. The number of nitrogens with zero attached hydrogens (tertiary/aromatic N) is 8. The van der Waals surface area contributed by atoms with Gasteiger partial charge in [-0.25, -0.2) is 32.2 Å². The number of sulfonamides is 1. The molecule has 0 atom stereocenters. The lowest BCUT2D eigenvalue weighted by Gasteiger charge is -2.34. The van der Waals surface area contributed by atoms with Crippen LogP contribution in [0.1, 0.15) is 0 Å². The SMILES string of the molecule is Cn1cc(-c2nc3c(N4CCN(S(=O)(=O)c5ccc(F)cc5F)CC4)ncnc3n2C)cn1. The summed E-state index contributed by atoms with van der Waals surface area (Å²) in [7, 11) is -0.411. The molecule has 0 amide bonds. The third-order valence-corrected chi connectivity index (χ3v) is 7.58. The van der Waals surface area contributed by atoms with Gasteiger partial charge >= 0.3 is 0 Å². The van der Waals surface area contributed by atoms with Crippen LogP contribution in [0.3, 0.4) is 0 Å². The molecule has 0 N–H and O–H groups in total. The number of halogens is 2. The number of aromatic nitrogens is 6. The zero-order valence-electron chi connectivity index (χ0n) is 17.9. The maximum absolute atomic E-state index is 14.1. The summed E-state index contributed by atoms with van der Waals surface area (Å²) >= 11 is 0. The van der Waals surface area contributed by atoms with Gasteiger partial charge in [0.05, 0.1) is 11.8 Å². The van der Waals surface area contributed by atoms with Crippen LogP contribution in [0.4, 0.5) is 14.6 Å². The quantitative estimate of drug-likeness (QED) is 0.442. The molecule has 0 spiro atoms. The summed E-state index contributed by atoms with van der Waals surface area (Å²) < 4.78 is 57.8. The molecule has 5 rings (SSSR count). The largest absolute Gasteiger partial charge is 0.352 e. The van der Waals surface area contributed by atoms with E-state index in [1.807, 2.05) is 29.8 Å². The molecule has 1 aliphatic rings. The van der Waals surface area contributed by atoms with Crippen LogP contribution in [0.15, 0.2) is 41.8 Å². The van der Waals surface area contributed by atoms with E-state index in [1.165, 1.54) is 10.6 Å². The van der Waals surface area contributed by atoms with Gasteiger partial charge in [0.2, 0.25) is 10.0 Å². The minimum absolute atomic E-state index is 0.118. The van der Waals surface area contributed by atoms with Gasteiger partial charge in [0.15, 0.2) is 17.0 Å². The van der Waals surface area contributed by atoms with Crippen molar-refractivity contribution in [2.24, 2.45) is 14.1 Å². The van der Waals surface area contributed by atoms with Crippen molar-refractivity contribution in [3.05, 3.63) is 48.6 Å². The van der Waals surface area contributed by atoms with Crippen LogP contribution in [-0.2, 0) is 24.1 Å². The molecule has 1 aromatic carbocycles. The van der Waals surface area contributed by atoms with Crippen molar-refractivity contribution in [1.29, 1.82) is 0 Å². The molecule has 172 valence electrons. The predicted octanol–water partition coefficient (Wildman–Crippen LogP) is 1.55. The number of imidazole rings is 1. The molecular formula is C20H20F2N8O2S. The second-order valence-corrected chi connectivity index (χ2v) is 9.64. The number of fused-ring (bicyclic) bond motifs is 1. The van der Waals surface area contributed by atoms with Crippen molar-refractivity contribution in [2.45, 2.75) is 4.90 Å². The molecular weight excluding hydrogens is 454 g/mol. The van der Waals surface area contributed by atoms with E-state index in [0.29, 0.717) is 42.0 Å². The fourth-order valence-electron chi connectivity index (χ4n) is 3.98. The smallest absolute Gasteiger partial charge is 0.246 e. The van der Waals surface area contributed by atoms with E-state index in [-0.39, 0.29) is 13.1 Å². The first-order chi connectivity index (χ1) is 15.8. The first kappa shape index (κ1) is 21.4. The summed E-state index contributed by atoms with van der Waals surface area (Å²) in [6.45, 7) is 0.889. The van der Waals surface area contributed by atoms with Crippen molar-refractivity contribution >= 4 is 27.0 Å². The Kier molecular flexibility index (Phi) is 5.09. The Hall–Kier alpha value is -3.45. The molecule has 4 aromatic rings. The zero-order chi connectivity index (χ0) is 23.3. The first-order valence-corrected chi connectivity index (χ1v) is 11.6. The van der Waals surface area contributed by atoms with Gasteiger partial charge in [-0.05, 0) is 12.1 Å². The Morgan fingerprint density at radius 3 is 2.45 bits per heavy atom. The third kappa shape index (κ3) is 3.62. The van der Waals surface area contributed by atoms with E-state index in [2.05, 4.69) is 15.1 Å². The number of benzene rings is 1. The molecule has 4 heterocycles. The summed E-state index contributed by atoms with van der Waals surface area (Å²) in [5.41, 5.74) is 2.07. The van der Waals surface area contributed by atoms with Crippen LogP contribution in [0, 0.1) is 11.6 Å². The summed E-state index contributed by atoms with van der Waals surface area (Å²) in [6, 6.07) is 2.46. The summed E-state index contributed by atoms with van der Waals surface area (Å²) in [5.74, 6) is -0.653. The number of hydrogen-bond acceptors (Lipinski definition) is 7. The van der Waals surface area contributed by atoms with Crippen molar-refractivity contribution in [1.82, 2.24) is 33.6 Å². The Morgan fingerprint density at radius 2 is 1.79 bits per heavy atom. The number of rotatable bonds is 4. The Labute approximate surface area is 188 Å². The average Bonchev–Trinajstić information content (AvgIpc) is 3.36. The van der Waals surface area contributed by atoms with E-state index in [1.54, 1.807) is 10.9 Å². The van der Waals surface area contributed by atoms with Gasteiger partial charge in [-0.15, -0.1) is 0 Å². The Morgan fingerprint density at radius 1 is 1.03 bits per heavy atom. The van der Waals surface area contributed by atoms with Gasteiger partial charge in [0, 0.05) is 52.5 Å². The van der Waals surface area contributed by atoms with E-state index >= 15 is 0 Å². The lowest BCUT2D eigenvalue weighted by atomic mass is 10.3. The predicted molar refractivity (Wildman–Crippen MR) is 116 cm³/mol. The van der Waals surface area contributed by atoms with E-state index in [9.17, 15) is 17.2 Å². The van der Waals surface area contributed by atoms with Crippen LogP contribution < -0.4 is 4.90 Å². The molecule has 10 nitrogen and oxygen atoms in total. The molecule has 0 saturated carbocycles. The normalized spacial score (nSPS) is 15.5. The Bertz CT molecular complexity index is 1460. The molecule has 13 heteroatoms. The van der Waals surface area contributed by atoms with Crippen LogP contribution in [0.25, 0.3) is 22.6 Å². The van der Waals surface area contributed by atoms with Gasteiger partial charge in [-0.3, -0.25) is 4.68 Å². The van der Waals surface area contributed by atoms with Gasteiger partial charge in [0.1, 0.15) is 28.7 Å². The van der Waals surface area contributed by atoms with Crippen molar-refractivity contribution in [3.8, 4) is 11.4 Å². The highest BCUT2D eigenvalue weighted by Gasteiger charge is 2.32. The highest BCUT2D eigenvalue weighted by Crippen LogP contribution is 2.29. The summed E-state index contributed by atoms with van der Waals surface area (Å²) in [4.78, 5) is 14.9. The van der Waals surface area contributed by atoms with Crippen LogP contribution in [0.2, 0.25) is 0 Å². The van der Waals surface area contributed by atoms with Gasteiger partial charge in [-0.2, -0.15) is 9.40 Å². The van der Waals surface area contributed by atoms with Gasteiger partial charge in [-0.1, -0.05) is 0 Å².